The van der Waals surface area contributed by atoms with Crippen molar-refractivity contribution < 1.29 is 14.6 Å². The van der Waals surface area contributed by atoms with Crippen molar-refractivity contribution in [2.45, 2.75) is 45.1 Å². The van der Waals surface area contributed by atoms with Crippen molar-refractivity contribution in [3.63, 3.8) is 0 Å². The van der Waals surface area contributed by atoms with Crippen LogP contribution < -0.4 is 4.74 Å². The Bertz CT molecular complexity index is 444. The average molecular weight is 291 g/mol. The molecule has 1 amide bonds. The van der Waals surface area contributed by atoms with Gasteiger partial charge in [0.05, 0.1) is 25.7 Å². The fourth-order valence-electron chi connectivity index (χ4n) is 2.84. The van der Waals surface area contributed by atoms with E-state index in [4.69, 9.17) is 4.74 Å². The number of carbonyl (C=O) groups excluding carboxylic acids is 1. The SMILES string of the molecule is CCOc1ccc(CC(=O)N2CCCCCC2CO)cc1. The highest BCUT2D eigenvalue weighted by molar-refractivity contribution is 5.79. The molecule has 116 valence electrons. The Balaban J connectivity index is 1.98. The molecule has 1 fully saturated rings. The van der Waals surface area contributed by atoms with Gasteiger partial charge in [-0.3, -0.25) is 4.79 Å². The Morgan fingerprint density at radius 3 is 2.71 bits per heavy atom. The summed E-state index contributed by atoms with van der Waals surface area (Å²) in [6.45, 7) is 3.42. The Hall–Kier alpha value is -1.55. The van der Waals surface area contributed by atoms with Gasteiger partial charge in [0.1, 0.15) is 5.75 Å². The summed E-state index contributed by atoms with van der Waals surface area (Å²) in [4.78, 5) is 14.3. The van der Waals surface area contributed by atoms with E-state index in [0.29, 0.717) is 13.0 Å². The van der Waals surface area contributed by atoms with Gasteiger partial charge in [-0.05, 0) is 37.5 Å². The number of rotatable bonds is 5. The zero-order chi connectivity index (χ0) is 15.1. The van der Waals surface area contributed by atoms with E-state index >= 15 is 0 Å². The van der Waals surface area contributed by atoms with Crippen molar-refractivity contribution in [1.29, 1.82) is 0 Å². The fraction of sp³-hybridized carbons (Fsp3) is 0.588. The third-order valence-electron chi connectivity index (χ3n) is 4.00. The quantitative estimate of drug-likeness (QED) is 0.906. The van der Waals surface area contributed by atoms with Crippen LogP contribution >= 0.6 is 0 Å². The maximum atomic E-state index is 12.5. The van der Waals surface area contributed by atoms with Crippen LogP contribution in [0.15, 0.2) is 24.3 Å². The van der Waals surface area contributed by atoms with Gasteiger partial charge in [-0.15, -0.1) is 0 Å². The molecule has 1 aromatic carbocycles. The van der Waals surface area contributed by atoms with Gasteiger partial charge in [0, 0.05) is 6.54 Å². The number of aliphatic hydroxyl groups excluding tert-OH is 1. The highest BCUT2D eigenvalue weighted by atomic mass is 16.5. The fourth-order valence-corrected chi connectivity index (χ4v) is 2.84. The Morgan fingerprint density at radius 1 is 1.29 bits per heavy atom. The minimum absolute atomic E-state index is 0.0114. The van der Waals surface area contributed by atoms with Crippen LogP contribution in [0.25, 0.3) is 0 Å². The van der Waals surface area contributed by atoms with E-state index in [-0.39, 0.29) is 18.6 Å². The molecule has 1 aromatic rings. The molecule has 1 unspecified atom stereocenters. The molecule has 0 bridgehead atoms. The molecule has 0 aromatic heterocycles. The van der Waals surface area contributed by atoms with Gasteiger partial charge in [-0.25, -0.2) is 0 Å². The second kappa shape index (κ2) is 8.03. The van der Waals surface area contributed by atoms with Gasteiger partial charge in [-0.2, -0.15) is 0 Å². The third kappa shape index (κ3) is 4.46. The van der Waals surface area contributed by atoms with Crippen LogP contribution in [0.1, 0.15) is 38.2 Å². The molecule has 0 radical (unpaired) electrons. The van der Waals surface area contributed by atoms with Gasteiger partial charge >= 0.3 is 0 Å². The number of hydrogen-bond donors (Lipinski definition) is 1. The molecule has 1 heterocycles. The lowest BCUT2D eigenvalue weighted by molar-refractivity contribution is -0.133. The molecule has 21 heavy (non-hydrogen) atoms. The maximum absolute atomic E-state index is 12.5. The van der Waals surface area contributed by atoms with Gasteiger partial charge in [0.2, 0.25) is 5.91 Å². The van der Waals surface area contributed by atoms with Crippen LogP contribution in [0.4, 0.5) is 0 Å². The molecule has 1 atom stereocenters. The van der Waals surface area contributed by atoms with Gasteiger partial charge in [0.15, 0.2) is 0 Å². The first-order chi connectivity index (χ1) is 10.2. The molecule has 1 aliphatic heterocycles. The van der Waals surface area contributed by atoms with E-state index in [9.17, 15) is 9.90 Å². The third-order valence-corrected chi connectivity index (χ3v) is 4.00. The molecular weight excluding hydrogens is 266 g/mol. The van der Waals surface area contributed by atoms with E-state index in [1.165, 1.54) is 0 Å². The molecule has 0 spiro atoms. The lowest BCUT2D eigenvalue weighted by Crippen LogP contribution is -2.42. The molecule has 1 saturated heterocycles. The van der Waals surface area contributed by atoms with Crippen molar-refractivity contribution >= 4 is 5.91 Å². The Kier molecular flexibility index (Phi) is 6.05. The van der Waals surface area contributed by atoms with E-state index in [0.717, 1.165) is 43.5 Å². The maximum Gasteiger partial charge on any atom is 0.227 e. The van der Waals surface area contributed by atoms with Crippen molar-refractivity contribution in [2.75, 3.05) is 19.8 Å². The largest absolute Gasteiger partial charge is 0.494 e. The number of nitrogens with zero attached hydrogens (tertiary/aromatic N) is 1. The van der Waals surface area contributed by atoms with Gasteiger partial charge in [0.25, 0.3) is 0 Å². The van der Waals surface area contributed by atoms with Crippen LogP contribution in [0.2, 0.25) is 0 Å². The predicted molar refractivity (Wildman–Crippen MR) is 82.4 cm³/mol. The standard InChI is InChI=1S/C17H25NO3/c1-2-21-16-9-7-14(8-10-16)12-17(20)18-11-5-3-4-6-15(18)13-19/h7-10,15,19H,2-6,11-13H2,1H3. The molecule has 0 saturated carbocycles. The lowest BCUT2D eigenvalue weighted by atomic mass is 10.1. The normalized spacial score (nSPS) is 19.1. The molecule has 1 N–H and O–H groups in total. The van der Waals surface area contributed by atoms with Crippen LogP contribution in [-0.2, 0) is 11.2 Å². The van der Waals surface area contributed by atoms with Crippen LogP contribution in [0.5, 0.6) is 5.75 Å². The van der Waals surface area contributed by atoms with Gasteiger partial charge in [-0.1, -0.05) is 25.0 Å². The Morgan fingerprint density at radius 2 is 2.05 bits per heavy atom. The lowest BCUT2D eigenvalue weighted by Gasteiger charge is -2.28. The molecule has 1 aliphatic rings. The van der Waals surface area contributed by atoms with Crippen molar-refractivity contribution in [1.82, 2.24) is 4.90 Å². The summed E-state index contributed by atoms with van der Waals surface area (Å²) in [6, 6.07) is 7.67. The highest BCUT2D eigenvalue weighted by Gasteiger charge is 2.24. The van der Waals surface area contributed by atoms with Crippen molar-refractivity contribution in [3.05, 3.63) is 29.8 Å². The molecule has 0 aliphatic carbocycles. The van der Waals surface area contributed by atoms with E-state index in [2.05, 4.69) is 0 Å². The first kappa shape index (κ1) is 15.8. The number of likely N-dealkylation sites (tertiary alicyclic amines) is 1. The summed E-state index contributed by atoms with van der Waals surface area (Å²) in [6.07, 6.45) is 4.57. The van der Waals surface area contributed by atoms with E-state index in [1.807, 2.05) is 36.1 Å². The van der Waals surface area contributed by atoms with E-state index in [1.54, 1.807) is 0 Å². The summed E-state index contributed by atoms with van der Waals surface area (Å²) >= 11 is 0. The van der Waals surface area contributed by atoms with Crippen LogP contribution in [0, 0.1) is 0 Å². The summed E-state index contributed by atoms with van der Waals surface area (Å²) in [5.74, 6) is 0.941. The smallest absolute Gasteiger partial charge is 0.227 e. The van der Waals surface area contributed by atoms with E-state index < -0.39 is 0 Å². The molecular formula is C17H25NO3. The second-order valence-corrected chi connectivity index (χ2v) is 5.53. The number of amides is 1. The minimum Gasteiger partial charge on any atom is -0.494 e. The average Bonchev–Trinajstić information content (AvgIpc) is 2.74. The first-order valence-corrected chi connectivity index (χ1v) is 7.86. The summed E-state index contributed by atoms with van der Waals surface area (Å²) in [5, 5.41) is 9.49. The number of benzene rings is 1. The monoisotopic (exact) mass is 291 g/mol. The highest BCUT2D eigenvalue weighted by Crippen LogP contribution is 2.19. The van der Waals surface area contributed by atoms with Crippen LogP contribution in [-0.4, -0.2) is 41.7 Å². The molecule has 4 heteroatoms. The molecule has 4 nitrogen and oxygen atoms in total. The van der Waals surface area contributed by atoms with Crippen molar-refractivity contribution in [2.24, 2.45) is 0 Å². The second-order valence-electron chi connectivity index (χ2n) is 5.53. The Labute approximate surface area is 126 Å². The molecule has 2 rings (SSSR count). The summed E-state index contributed by atoms with van der Waals surface area (Å²) in [7, 11) is 0. The zero-order valence-electron chi connectivity index (χ0n) is 12.8. The van der Waals surface area contributed by atoms with Crippen LogP contribution in [0.3, 0.4) is 0 Å². The zero-order valence-corrected chi connectivity index (χ0v) is 12.8. The van der Waals surface area contributed by atoms with Gasteiger partial charge < -0.3 is 14.7 Å². The number of ether oxygens (including phenoxy) is 1. The topological polar surface area (TPSA) is 49.8 Å². The number of carbonyl (C=O) groups is 1. The summed E-state index contributed by atoms with van der Waals surface area (Å²) < 4.78 is 5.40. The number of hydrogen-bond acceptors (Lipinski definition) is 3. The first-order valence-electron chi connectivity index (χ1n) is 7.86. The van der Waals surface area contributed by atoms with Crippen molar-refractivity contribution in [3.8, 4) is 5.75 Å². The number of aliphatic hydroxyl groups is 1. The predicted octanol–water partition coefficient (Wildman–Crippen LogP) is 2.39. The summed E-state index contributed by atoms with van der Waals surface area (Å²) in [5.41, 5.74) is 0.990. The minimum atomic E-state index is -0.0114.